The van der Waals surface area contributed by atoms with Crippen LogP contribution in [-0.2, 0) is 0 Å². The van der Waals surface area contributed by atoms with Crippen LogP contribution in [0.3, 0.4) is 0 Å². The van der Waals surface area contributed by atoms with Crippen molar-refractivity contribution in [2.45, 2.75) is 6.92 Å². The highest BCUT2D eigenvalue weighted by molar-refractivity contribution is 7.11. The number of nitriles is 1. The van der Waals surface area contributed by atoms with Crippen LogP contribution in [0.15, 0.2) is 53.9 Å². The lowest BCUT2D eigenvalue weighted by molar-refractivity contribution is -0.384. The first-order chi connectivity index (χ1) is 13.1. The first-order valence-corrected chi connectivity index (χ1v) is 9.04. The van der Waals surface area contributed by atoms with Crippen LogP contribution in [0.25, 0.3) is 22.9 Å². The lowest BCUT2D eigenvalue weighted by atomic mass is 10.1. The van der Waals surface area contributed by atoms with Gasteiger partial charge in [-0.3, -0.25) is 10.1 Å². The van der Waals surface area contributed by atoms with E-state index in [2.05, 4.69) is 11.1 Å². The van der Waals surface area contributed by atoms with Gasteiger partial charge in [0.05, 0.1) is 22.8 Å². The molecule has 0 aliphatic heterocycles. The number of nitro benzene ring substituents is 1. The average Bonchev–Trinajstić information content (AvgIpc) is 3.17. The topological polar surface area (TPSA) is 89.0 Å². The molecule has 0 aliphatic rings. The molecule has 0 bridgehead atoms. The molecule has 0 amide bonds. The monoisotopic (exact) mass is 377 g/mol. The van der Waals surface area contributed by atoms with E-state index in [9.17, 15) is 15.4 Å². The standard InChI is InChI=1S/C20H15N3O3S/c1-2-26-19-9-4-3-6-15(19)10-16(12-21)20-22-18(13-27-20)14-7-5-8-17(11-14)23(24)25/h3-11,13H,2H2,1H3. The summed E-state index contributed by atoms with van der Waals surface area (Å²) in [5, 5.41) is 22.9. The third kappa shape index (κ3) is 4.19. The number of nitro groups is 1. The van der Waals surface area contributed by atoms with E-state index in [1.54, 1.807) is 23.6 Å². The number of thiazole rings is 1. The number of nitrogens with zero attached hydrogens (tertiary/aromatic N) is 3. The molecule has 3 aromatic rings. The Morgan fingerprint density at radius 3 is 2.89 bits per heavy atom. The molecule has 7 heteroatoms. The minimum absolute atomic E-state index is 0.00346. The highest BCUT2D eigenvalue weighted by Gasteiger charge is 2.13. The molecule has 0 saturated carbocycles. The average molecular weight is 377 g/mol. The summed E-state index contributed by atoms with van der Waals surface area (Å²) in [4.78, 5) is 15.0. The number of rotatable bonds is 6. The van der Waals surface area contributed by atoms with Crippen molar-refractivity contribution in [3.8, 4) is 23.1 Å². The van der Waals surface area contributed by atoms with Crippen LogP contribution in [0.2, 0.25) is 0 Å². The molecular weight excluding hydrogens is 362 g/mol. The molecule has 0 aliphatic carbocycles. The van der Waals surface area contributed by atoms with Crippen molar-refractivity contribution < 1.29 is 9.66 Å². The van der Waals surface area contributed by atoms with Crippen molar-refractivity contribution in [3.63, 3.8) is 0 Å². The van der Waals surface area contributed by atoms with Crippen LogP contribution in [0.5, 0.6) is 5.75 Å². The van der Waals surface area contributed by atoms with E-state index in [1.165, 1.54) is 23.5 Å². The van der Waals surface area contributed by atoms with E-state index in [-0.39, 0.29) is 5.69 Å². The molecule has 0 radical (unpaired) electrons. The third-order valence-corrected chi connectivity index (χ3v) is 4.60. The molecule has 0 unspecified atom stereocenters. The molecule has 0 N–H and O–H groups in total. The second kappa shape index (κ2) is 8.25. The zero-order valence-electron chi connectivity index (χ0n) is 14.5. The van der Waals surface area contributed by atoms with Gasteiger partial charge in [-0.05, 0) is 19.1 Å². The summed E-state index contributed by atoms with van der Waals surface area (Å²) in [6.07, 6.45) is 1.74. The van der Waals surface area contributed by atoms with Gasteiger partial charge in [0.15, 0.2) is 0 Å². The van der Waals surface area contributed by atoms with E-state index < -0.39 is 4.92 Å². The Bertz CT molecular complexity index is 1050. The van der Waals surface area contributed by atoms with Crippen molar-refractivity contribution in [1.82, 2.24) is 4.98 Å². The van der Waals surface area contributed by atoms with Gasteiger partial charge < -0.3 is 4.74 Å². The second-order valence-electron chi connectivity index (χ2n) is 5.49. The third-order valence-electron chi connectivity index (χ3n) is 3.73. The Kier molecular flexibility index (Phi) is 5.59. The predicted octanol–water partition coefficient (Wildman–Crippen LogP) is 5.18. The van der Waals surface area contributed by atoms with Crippen molar-refractivity contribution in [2.75, 3.05) is 6.61 Å². The van der Waals surface area contributed by atoms with Crippen LogP contribution in [-0.4, -0.2) is 16.5 Å². The number of hydrogen-bond donors (Lipinski definition) is 0. The first kappa shape index (κ1) is 18.3. The minimum atomic E-state index is -0.442. The maximum atomic E-state index is 11.0. The summed E-state index contributed by atoms with van der Waals surface area (Å²) in [7, 11) is 0. The maximum absolute atomic E-state index is 11.0. The summed E-state index contributed by atoms with van der Waals surface area (Å²) in [5.41, 5.74) is 2.44. The van der Waals surface area contributed by atoms with E-state index in [0.717, 1.165) is 5.56 Å². The Morgan fingerprint density at radius 1 is 1.33 bits per heavy atom. The largest absolute Gasteiger partial charge is 0.493 e. The maximum Gasteiger partial charge on any atom is 0.270 e. The highest BCUT2D eigenvalue weighted by atomic mass is 32.1. The number of aromatic nitrogens is 1. The number of allylic oxidation sites excluding steroid dienone is 1. The van der Waals surface area contributed by atoms with Gasteiger partial charge in [-0.15, -0.1) is 11.3 Å². The van der Waals surface area contributed by atoms with E-state index in [1.807, 2.05) is 31.2 Å². The molecule has 0 spiro atoms. The summed E-state index contributed by atoms with van der Waals surface area (Å²) in [6.45, 7) is 2.43. The SMILES string of the molecule is CCOc1ccccc1C=C(C#N)c1nc(-c2cccc([N+](=O)[O-])c2)cs1. The molecule has 27 heavy (non-hydrogen) atoms. The Hall–Kier alpha value is -3.50. The van der Waals surface area contributed by atoms with Crippen molar-refractivity contribution in [1.29, 1.82) is 5.26 Å². The molecule has 0 saturated heterocycles. The van der Waals surface area contributed by atoms with Gasteiger partial charge in [0.25, 0.3) is 5.69 Å². The molecular formula is C20H15N3O3S. The summed E-state index contributed by atoms with van der Waals surface area (Å²) in [6, 6.07) is 15.9. The number of non-ortho nitro benzene ring substituents is 1. The van der Waals surface area contributed by atoms with Crippen molar-refractivity contribution in [2.24, 2.45) is 0 Å². The van der Waals surface area contributed by atoms with Gasteiger partial charge in [0, 0.05) is 28.6 Å². The molecule has 1 heterocycles. The molecule has 3 rings (SSSR count). The molecule has 0 fully saturated rings. The van der Waals surface area contributed by atoms with E-state index >= 15 is 0 Å². The summed E-state index contributed by atoms with van der Waals surface area (Å²) in [5.74, 6) is 0.697. The minimum Gasteiger partial charge on any atom is -0.493 e. The number of ether oxygens (including phenoxy) is 1. The fourth-order valence-corrected chi connectivity index (χ4v) is 3.29. The van der Waals surface area contributed by atoms with Gasteiger partial charge in [0.2, 0.25) is 0 Å². The smallest absolute Gasteiger partial charge is 0.270 e. The van der Waals surface area contributed by atoms with Gasteiger partial charge >= 0.3 is 0 Å². The van der Waals surface area contributed by atoms with E-state index in [0.29, 0.717) is 34.2 Å². The molecule has 6 nitrogen and oxygen atoms in total. The Morgan fingerprint density at radius 2 is 2.15 bits per heavy atom. The zero-order valence-corrected chi connectivity index (χ0v) is 15.3. The number of benzene rings is 2. The predicted molar refractivity (Wildman–Crippen MR) is 105 cm³/mol. The molecule has 1 aromatic heterocycles. The quantitative estimate of drug-likeness (QED) is 0.335. The van der Waals surface area contributed by atoms with Gasteiger partial charge in [-0.25, -0.2) is 4.98 Å². The highest BCUT2D eigenvalue weighted by Crippen LogP contribution is 2.30. The molecule has 2 aromatic carbocycles. The van der Waals surface area contributed by atoms with Crippen LogP contribution in [0.1, 0.15) is 17.5 Å². The van der Waals surface area contributed by atoms with E-state index in [4.69, 9.17) is 4.74 Å². The van der Waals surface area contributed by atoms with Gasteiger partial charge in [-0.1, -0.05) is 30.3 Å². The van der Waals surface area contributed by atoms with Crippen LogP contribution >= 0.6 is 11.3 Å². The zero-order chi connectivity index (χ0) is 19.2. The molecule has 134 valence electrons. The summed E-state index contributed by atoms with van der Waals surface area (Å²) >= 11 is 1.32. The number of hydrogen-bond acceptors (Lipinski definition) is 6. The second-order valence-corrected chi connectivity index (χ2v) is 6.34. The lowest BCUT2D eigenvalue weighted by Crippen LogP contribution is -1.93. The normalized spacial score (nSPS) is 11.0. The summed E-state index contributed by atoms with van der Waals surface area (Å²) < 4.78 is 5.59. The number of para-hydroxylation sites is 1. The fourth-order valence-electron chi connectivity index (χ4n) is 2.49. The first-order valence-electron chi connectivity index (χ1n) is 8.16. The Balaban J connectivity index is 1.96. The van der Waals surface area contributed by atoms with Gasteiger partial charge in [-0.2, -0.15) is 5.26 Å². The van der Waals surface area contributed by atoms with Crippen molar-refractivity contribution >= 4 is 28.7 Å². The Labute approximate surface area is 160 Å². The fraction of sp³-hybridized carbons (Fsp3) is 0.100. The lowest BCUT2D eigenvalue weighted by Gasteiger charge is -2.06. The van der Waals surface area contributed by atoms with Crippen LogP contribution < -0.4 is 4.74 Å². The molecule has 0 atom stereocenters. The van der Waals surface area contributed by atoms with Gasteiger partial charge in [0.1, 0.15) is 16.8 Å². The van der Waals surface area contributed by atoms with Crippen LogP contribution in [0, 0.1) is 21.4 Å². The van der Waals surface area contributed by atoms with Crippen LogP contribution in [0.4, 0.5) is 5.69 Å². The van der Waals surface area contributed by atoms with Crippen molar-refractivity contribution in [3.05, 3.63) is 74.6 Å².